The standard InChI is InChI=1S/C74H144O17P2/c1-6-9-12-15-18-20-21-22-23-29-32-35-39-43-48-53-58-72(77)85-64-70(91-74(79)60-55-50-45-40-36-33-30-27-25-24-26-28-31-34-38-42-46-51-56-67(4)5)66-89-93(82,83)87-62-68(75)61-86-92(80,81)88-65-69(63-84-71(76)57-52-47-41-17-14-11-8-3)90-73(78)59-54-49-44-37-19-16-13-10-7-2/h67-70,75H,6-66H2,1-5H3,(H,80,81)(H,82,83)/t68-,69+,70+/m0/s1. The van der Waals surface area contributed by atoms with Gasteiger partial charge >= 0.3 is 39.5 Å². The van der Waals surface area contributed by atoms with E-state index in [1.807, 2.05) is 0 Å². The maximum Gasteiger partial charge on any atom is 0.472 e. The van der Waals surface area contributed by atoms with Crippen LogP contribution in [0.4, 0.5) is 0 Å². The minimum Gasteiger partial charge on any atom is -0.462 e. The maximum absolute atomic E-state index is 13.1. The zero-order valence-corrected chi connectivity index (χ0v) is 62.2. The summed E-state index contributed by atoms with van der Waals surface area (Å²) in [5.74, 6) is -1.30. The Kier molecular flexibility index (Phi) is 65.9. The van der Waals surface area contributed by atoms with Crippen LogP contribution in [0.1, 0.15) is 388 Å². The number of hydrogen-bond donors (Lipinski definition) is 3. The molecule has 0 aliphatic heterocycles. The molecule has 5 atom stereocenters. The number of carbonyl (C=O) groups excluding carboxylic acids is 4. The molecule has 19 heteroatoms. The van der Waals surface area contributed by atoms with Crippen LogP contribution in [0.2, 0.25) is 0 Å². The van der Waals surface area contributed by atoms with Gasteiger partial charge in [-0.05, 0) is 31.6 Å². The van der Waals surface area contributed by atoms with Crippen LogP contribution in [-0.4, -0.2) is 96.7 Å². The van der Waals surface area contributed by atoms with E-state index >= 15 is 0 Å². The smallest absolute Gasteiger partial charge is 0.462 e. The molecular weight excluding hydrogens is 1220 g/mol. The molecule has 0 heterocycles. The van der Waals surface area contributed by atoms with Crippen LogP contribution in [0, 0.1) is 5.92 Å². The maximum atomic E-state index is 13.1. The van der Waals surface area contributed by atoms with Crippen LogP contribution < -0.4 is 0 Å². The molecule has 0 aliphatic carbocycles. The van der Waals surface area contributed by atoms with E-state index in [0.717, 1.165) is 109 Å². The Morgan fingerprint density at radius 1 is 0.290 bits per heavy atom. The Morgan fingerprint density at radius 3 is 0.731 bits per heavy atom. The van der Waals surface area contributed by atoms with Gasteiger partial charge in [-0.15, -0.1) is 0 Å². The van der Waals surface area contributed by atoms with E-state index in [2.05, 4.69) is 34.6 Å². The van der Waals surface area contributed by atoms with E-state index in [-0.39, 0.29) is 25.7 Å². The van der Waals surface area contributed by atoms with Crippen molar-refractivity contribution in [3.63, 3.8) is 0 Å². The third kappa shape index (κ3) is 68.4. The Labute approximate surface area is 568 Å². The van der Waals surface area contributed by atoms with Crippen LogP contribution in [0.5, 0.6) is 0 Å². The first kappa shape index (κ1) is 91.1. The van der Waals surface area contributed by atoms with Gasteiger partial charge in [-0.1, -0.05) is 336 Å². The van der Waals surface area contributed by atoms with E-state index in [4.69, 9.17) is 37.0 Å². The fraction of sp³-hybridized carbons (Fsp3) is 0.946. The van der Waals surface area contributed by atoms with Gasteiger partial charge in [-0.2, -0.15) is 0 Å². The molecule has 0 aromatic carbocycles. The van der Waals surface area contributed by atoms with E-state index in [9.17, 15) is 43.2 Å². The number of aliphatic hydroxyl groups is 1. The normalized spacial score (nSPS) is 14.0. The van der Waals surface area contributed by atoms with E-state index in [1.54, 1.807) is 0 Å². The number of rotatable bonds is 74. The molecule has 0 bridgehead atoms. The van der Waals surface area contributed by atoms with Crippen molar-refractivity contribution in [3.8, 4) is 0 Å². The number of carbonyl (C=O) groups is 4. The van der Waals surface area contributed by atoms with E-state index in [0.29, 0.717) is 25.7 Å². The number of phosphoric ester groups is 2. The summed E-state index contributed by atoms with van der Waals surface area (Å²) in [4.78, 5) is 72.5. The van der Waals surface area contributed by atoms with Crippen LogP contribution in [-0.2, 0) is 65.4 Å². The Morgan fingerprint density at radius 2 is 0.495 bits per heavy atom. The number of phosphoric acid groups is 2. The van der Waals surface area contributed by atoms with Gasteiger partial charge in [0, 0.05) is 25.7 Å². The third-order valence-corrected chi connectivity index (χ3v) is 19.2. The first-order chi connectivity index (χ1) is 45.0. The second-order valence-corrected chi connectivity index (χ2v) is 30.1. The fourth-order valence-corrected chi connectivity index (χ4v) is 12.9. The molecule has 0 fully saturated rings. The minimum atomic E-state index is -4.95. The van der Waals surface area contributed by atoms with Crippen molar-refractivity contribution in [2.24, 2.45) is 5.92 Å². The zero-order valence-electron chi connectivity index (χ0n) is 60.4. The van der Waals surface area contributed by atoms with Crippen LogP contribution in [0.3, 0.4) is 0 Å². The Bertz CT molecular complexity index is 1790. The average Bonchev–Trinajstić information content (AvgIpc) is 2.15. The molecule has 0 aliphatic rings. The van der Waals surface area contributed by atoms with Crippen molar-refractivity contribution in [1.29, 1.82) is 0 Å². The molecule has 17 nitrogen and oxygen atoms in total. The van der Waals surface area contributed by atoms with Crippen molar-refractivity contribution < 1.29 is 80.2 Å². The van der Waals surface area contributed by atoms with Crippen molar-refractivity contribution in [2.45, 2.75) is 406 Å². The van der Waals surface area contributed by atoms with Crippen LogP contribution >= 0.6 is 15.6 Å². The van der Waals surface area contributed by atoms with Crippen LogP contribution in [0.15, 0.2) is 0 Å². The highest BCUT2D eigenvalue weighted by molar-refractivity contribution is 7.47. The molecule has 0 radical (unpaired) electrons. The lowest BCUT2D eigenvalue weighted by Crippen LogP contribution is -2.30. The molecule has 0 saturated heterocycles. The molecule has 93 heavy (non-hydrogen) atoms. The summed E-state index contributed by atoms with van der Waals surface area (Å²) in [6.07, 6.45) is 55.8. The number of esters is 4. The fourth-order valence-electron chi connectivity index (χ4n) is 11.4. The SMILES string of the molecule is CCCCCCCCCCCCCCCCCCC(=O)OC[C@H](COP(=O)(O)OC[C@@H](O)COP(=O)(O)OC[C@@H](COC(=O)CCCCCCCCC)OC(=O)CCCCCCCCCCC)OC(=O)CCCCCCCCCCCCCCCCCCCCC(C)C. The highest BCUT2D eigenvalue weighted by Crippen LogP contribution is 2.45. The zero-order chi connectivity index (χ0) is 68.4. The summed E-state index contributed by atoms with van der Waals surface area (Å²) in [5.41, 5.74) is 0. The second-order valence-electron chi connectivity index (χ2n) is 27.2. The predicted molar refractivity (Wildman–Crippen MR) is 377 cm³/mol. The van der Waals surface area contributed by atoms with Gasteiger partial charge in [-0.3, -0.25) is 37.3 Å². The number of aliphatic hydroxyl groups excluding tert-OH is 1. The van der Waals surface area contributed by atoms with Crippen molar-refractivity contribution in [1.82, 2.24) is 0 Å². The lowest BCUT2D eigenvalue weighted by atomic mass is 10.0. The van der Waals surface area contributed by atoms with Gasteiger partial charge in [0.15, 0.2) is 12.2 Å². The lowest BCUT2D eigenvalue weighted by molar-refractivity contribution is -0.161. The molecule has 552 valence electrons. The summed E-state index contributed by atoms with van der Waals surface area (Å²) >= 11 is 0. The molecule has 0 aromatic rings. The number of hydrogen-bond acceptors (Lipinski definition) is 15. The summed E-state index contributed by atoms with van der Waals surface area (Å²) in [5, 5.41) is 10.6. The van der Waals surface area contributed by atoms with Crippen molar-refractivity contribution in [3.05, 3.63) is 0 Å². The topological polar surface area (TPSA) is 237 Å². The summed E-state index contributed by atoms with van der Waals surface area (Å²) in [6, 6.07) is 0. The van der Waals surface area contributed by atoms with Gasteiger partial charge < -0.3 is 33.8 Å². The highest BCUT2D eigenvalue weighted by atomic mass is 31.2. The van der Waals surface area contributed by atoms with Gasteiger partial charge in [-0.25, -0.2) is 9.13 Å². The van der Waals surface area contributed by atoms with Crippen molar-refractivity contribution in [2.75, 3.05) is 39.6 Å². The number of unbranched alkanes of at least 4 members (excludes halogenated alkanes) is 46. The summed E-state index contributed by atoms with van der Waals surface area (Å²) in [6.45, 7) is 7.25. The molecule has 0 amide bonds. The first-order valence-electron chi connectivity index (χ1n) is 38.6. The molecular formula is C74H144O17P2. The summed E-state index contributed by atoms with van der Waals surface area (Å²) < 4.78 is 68.2. The molecule has 0 saturated carbocycles. The predicted octanol–water partition coefficient (Wildman–Crippen LogP) is 21.7. The quantitative estimate of drug-likeness (QED) is 0.0222. The second kappa shape index (κ2) is 67.3. The molecule has 0 rings (SSSR count). The molecule has 0 spiro atoms. The first-order valence-corrected chi connectivity index (χ1v) is 41.6. The number of ether oxygens (including phenoxy) is 4. The van der Waals surface area contributed by atoms with Crippen LogP contribution in [0.25, 0.3) is 0 Å². The molecule has 0 aromatic heterocycles. The van der Waals surface area contributed by atoms with E-state index in [1.165, 1.54) is 199 Å². The van der Waals surface area contributed by atoms with Crippen molar-refractivity contribution >= 4 is 39.5 Å². The lowest BCUT2D eigenvalue weighted by Gasteiger charge is -2.21. The minimum absolute atomic E-state index is 0.106. The van der Waals surface area contributed by atoms with Gasteiger partial charge in [0.05, 0.1) is 26.4 Å². The average molecular weight is 1370 g/mol. The molecule has 2 unspecified atom stereocenters. The van der Waals surface area contributed by atoms with Gasteiger partial charge in [0.25, 0.3) is 0 Å². The Balaban J connectivity index is 5.14. The monoisotopic (exact) mass is 1370 g/mol. The largest absolute Gasteiger partial charge is 0.472 e. The molecule has 3 N–H and O–H groups in total. The Hall–Kier alpha value is -1.94. The van der Waals surface area contributed by atoms with Gasteiger partial charge in [0.2, 0.25) is 0 Å². The third-order valence-electron chi connectivity index (χ3n) is 17.3. The summed E-state index contributed by atoms with van der Waals surface area (Å²) in [7, 11) is -9.90. The highest BCUT2D eigenvalue weighted by Gasteiger charge is 2.30. The van der Waals surface area contributed by atoms with Gasteiger partial charge in [0.1, 0.15) is 19.3 Å². The van der Waals surface area contributed by atoms with E-state index < -0.39 is 97.5 Å².